The van der Waals surface area contributed by atoms with Crippen molar-refractivity contribution < 1.29 is 26.3 Å². The summed E-state index contributed by atoms with van der Waals surface area (Å²) >= 11 is 0. The van der Waals surface area contributed by atoms with Gasteiger partial charge in [-0.15, -0.1) is 0 Å². The zero-order chi connectivity index (χ0) is 31.2. The number of sulfonamides is 1. The first-order chi connectivity index (χ1) is 21.0. The Morgan fingerprint density at radius 3 is 2.50 bits per heavy atom. The molecule has 44 heavy (non-hydrogen) atoms. The van der Waals surface area contributed by atoms with Crippen LogP contribution in [0.1, 0.15) is 50.3 Å². The molecule has 0 bridgehead atoms. The second kappa shape index (κ2) is 11.5. The monoisotopic (exact) mass is 625 g/mol. The Bertz CT molecular complexity index is 1940. The van der Waals surface area contributed by atoms with E-state index in [-0.39, 0.29) is 17.3 Å². The molecule has 3 aromatic heterocycles. The van der Waals surface area contributed by atoms with Crippen LogP contribution in [-0.4, -0.2) is 38.7 Å². The number of ether oxygens (including phenoxy) is 1. The minimum absolute atomic E-state index is 0.0390. The number of benzene rings is 2. The van der Waals surface area contributed by atoms with E-state index in [9.17, 15) is 21.6 Å². The third-order valence-electron chi connectivity index (χ3n) is 7.89. The van der Waals surface area contributed by atoms with Crippen molar-refractivity contribution in [1.82, 2.24) is 24.5 Å². The quantitative estimate of drug-likeness (QED) is 0.193. The van der Waals surface area contributed by atoms with Gasteiger partial charge in [-0.2, -0.15) is 19.0 Å². The predicted octanol–water partition coefficient (Wildman–Crippen LogP) is 6.44. The topological polar surface area (TPSA) is 130 Å². The number of rotatable bonds is 9. The molecular formula is C30H30F3N7O3S. The van der Waals surface area contributed by atoms with Gasteiger partial charge in [0.25, 0.3) is 10.0 Å². The van der Waals surface area contributed by atoms with Crippen LogP contribution in [0.4, 0.5) is 24.7 Å². The second-order valence-corrected chi connectivity index (χ2v) is 12.5. The van der Waals surface area contributed by atoms with Crippen LogP contribution >= 0.6 is 0 Å². The van der Waals surface area contributed by atoms with E-state index >= 15 is 0 Å². The molecule has 0 amide bonds. The number of nitrogens with zero attached hydrogens (tertiary/aromatic N) is 5. The summed E-state index contributed by atoms with van der Waals surface area (Å²) in [6, 6.07) is 10.3. The van der Waals surface area contributed by atoms with Gasteiger partial charge in [0.2, 0.25) is 0 Å². The highest BCUT2D eigenvalue weighted by Crippen LogP contribution is 2.41. The Morgan fingerprint density at radius 2 is 1.80 bits per heavy atom. The number of nitrogens with two attached hydrogens (primary N) is 1. The number of nitrogens with one attached hydrogen (secondary N) is 1. The van der Waals surface area contributed by atoms with Crippen LogP contribution in [0, 0.1) is 5.82 Å². The Morgan fingerprint density at radius 1 is 1.07 bits per heavy atom. The van der Waals surface area contributed by atoms with Gasteiger partial charge in [0.05, 0.1) is 28.8 Å². The summed E-state index contributed by atoms with van der Waals surface area (Å²) in [6.45, 7) is 1.67. The van der Waals surface area contributed by atoms with Crippen molar-refractivity contribution in [3.05, 3.63) is 72.4 Å². The van der Waals surface area contributed by atoms with E-state index in [1.807, 2.05) is 15.6 Å². The highest BCUT2D eigenvalue weighted by molar-refractivity contribution is 7.93. The van der Waals surface area contributed by atoms with Gasteiger partial charge < -0.3 is 10.5 Å². The van der Waals surface area contributed by atoms with Crippen molar-refractivity contribution in [2.75, 3.05) is 10.5 Å². The van der Waals surface area contributed by atoms with Crippen molar-refractivity contribution >= 4 is 32.4 Å². The maximum atomic E-state index is 13.5. The van der Waals surface area contributed by atoms with Gasteiger partial charge in [0.15, 0.2) is 0 Å². The summed E-state index contributed by atoms with van der Waals surface area (Å²) in [5.74, 6) is -3.92. The standard InChI is InChI=1S/C30H30F3N7O3S/c1-17(18-7-10-21(31)11-8-18)43-25-13-19(9-12-24(25)38-44(41,42)30(32)33)27-26-28(39(2)37-27)23(15-35-29(26)34)20-14-36-40(16-20)22-5-3-4-6-22/h7-17,22,30,38H,3-6H2,1-2H3,(H2,34,35)/t17-/m0/s1. The van der Waals surface area contributed by atoms with Crippen molar-refractivity contribution in [3.8, 4) is 28.1 Å². The van der Waals surface area contributed by atoms with Crippen LogP contribution < -0.4 is 15.2 Å². The fourth-order valence-corrected chi connectivity index (χ4v) is 6.20. The van der Waals surface area contributed by atoms with Gasteiger partial charge >= 0.3 is 5.76 Å². The molecule has 1 aliphatic rings. The molecule has 1 fully saturated rings. The lowest BCUT2D eigenvalue weighted by atomic mass is 10.0. The lowest BCUT2D eigenvalue weighted by molar-refractivity contribution is 0.228. The highest BCUT2D eigenvalue weighted by Gasteiger charge is 2.27. The van der Waals surface area contributed by atoms with Crippen LogP contribution in [0.3, 0.4) is 0 Å². The molecule has 230 valence electrons. The Hall–Kier alpha value is -4.59. The van der Waals surface area contributed by atoms with Gasteiger partial charge in [0.1, 0.15) is 29.2 Å². The zero-order valence-corrected chi connectivity index (χ0v) is 24.7. The Labute approximate surface area is 251 Å². The first-order valence-corrected chi connectivity index (χ1v) is 15.6. The zero-order valence-electron chi connectivity index (χ0n) is 23.9. The van der Waals surface area contributed by atoms with Gasteiger partial charge in [-0.1, -0.05) is 31.0 Å². The van der Waals surface area contributed by atoms with Crippen molar-refractivity contribution in [2.24, 2.45) is 7.05 Å². The van der Waals surface area contributed by atoms with E-state index in [2.05, 4.69) is 10.1 Å². The van der Waals surface area contributed by atoms with Crippen molar-refractivity contribution in [3.63, 3.8) is 0 Å². The molecule has 3 heterocycles. The number of aryl methyl sites for hydroxylation is 1. The molecule has 0 unspecified atom stereocenters. The maximum absolute atomic E-state index is 13.5. The highest BCUT2D eigenvalue weighted by atomic mass is 32.2. The second-order valence-electron chi connectivity index (χ2n) is 10.8. The molecule has 0 radical (unpaired) electrons. The molecule has 0 spiro atoms. The minimum Gasteiger partial charge on any atom is -0.484 e. The van der Waals surface area contributed by atoms with E-state index < -0.39 is 27.7 Å². The van der Waals surface area contributed by atoms with Gasteiger partial charge in [-0.3, -0.25) is 14.1 Å². The molecule has 0 aliphatic heterocycles. The molecule has 0 saturated heterocycles. The third-order valence-corrected chi connectivity index (χ3v) is 8.86. The van der Waals surface area contributed by atoms with Crippen LogP contribution in [0.5, 0.6) is 5.75 Å². The first-order valence-electron chi connectivity index (χ1n) is 14.0. The summed E-state index contributed by atoms with van der Waals surface area (Å²) in [6.07, 6.45) is 9.30. The maximum Gasteiger partial charge on any atom is 0.355 e. The SMILES string of the molecule is C[C@H](Oc1cc(-c2nn(C)c3c(-c4cnn(C5CCCC5)c4)cnc(N)c23)ccc1NS(=O)(=O)C(F)F)c1ccc(F)cc1. The van der Waals surface area contributed by atoms with Crippen molar-refractivity contribution in [2.45, 2.75) is 50.5 Å². The number of alkyl halides is 2. The number of nitrogen functional groups attached to an aromatic ring is 1. The number of aromatic nitrogens is 5. The fraction of sp³-hybridized carbons (Fsp3) is 0.300. The van der Waals surface area contributed by atoms with Crippen LogP contribution in [0.15, 0.2) is 61.1 Å². The molecule has 1 atom stereocenters. The summed E-state index contributed by atoms with van der Waals surface area (Å²) in [7, 11) is -3.23. The summed E-state index contributed by atoms with van der Waals surface area (Å²) in [5.41, 5.74) is 10.0. The van der Waals surface area contributed by atoms with E-state index in [4.69, 9.17) is 15.6 Å². The predicted molar refractivity (Wildman–Crippen MR) is 161 cm³/mol. The molecule has 1 saturated carbocycles. The molecule has 3 N–H and O–H groups in total. The molecule has 1 aliphatic carbocycles. The third kappa shape index (κ3) is 5.56. The molecule has 6 rings (SSSR count). The molecule has 2 aromatic carbocycles. The number of anilines is 2. The molecule has 14 heteroatoms. The average Bonchev–Trinajstić information content (AvgIpc) is 3.75. The number of hydrogen-bond acceptors (Lipinski definition) is 7. The van der Waals surface area contributed by atoms with Gasteiger partial charge in [-0.05, 0) is 49.6 Å². The molecular weight excluding hydrogens is 595 g/mol. The first kappa shape index (κ1) is 29.5. The fourth-order valence-electron chi connectivity index (χ4n) is 5.64. The van der Waals surface area contributed by atoms with E-state index in [1.165, 1.54) is 55.3 Å². The Kier molecular flexibility index (Phi) is 7.70. The summed E-state index contributed by atoms with van der Waals surface area (Å²) in [5, 5.41) is 9.88. The van der Waals surface area contributed by atoms with Gasteiger partial charge in [0, 0.05) is 36.1 Å². The van der Waals surface area contributed by atoms with Crippen LogP contribution in [0.2, 0.25) is 0 Å². The molecule has 10 nitrogen and oxygen atoms in total. The largest absolute Gasteiger partial charge is 0.484 e. The normalized spacial score (nSPS) is 14.9. The van der Waals surface area contributed by atoms with Crippen LogP contribution in [0.25, 0.3) is 33.3 Å². The van der Waals surface area contributed by atoms with Gasteiger partial charge in [-0.25, -0.2) is 17.8 Å². The summed E-state index contributed by atoms with van der Waals surface area (Å²) in [4.78, 5) is 4.44. The number of fused-ring (bicyclic) bond motifs is 1. The van der Waals surface area contributed by atoms with E-state index in [0.29, 0.717) is 33.8 Å². The van der Waals surface area contributed by atoms with E-state index in [1.54, 1.807) is 31.0 Å². The lowest BCUT2D eigenvalue weighted by Gasteiger charge is -2.19. The van der Waals surface area contributed by atoms with Crippen LogP contribution in [-0.2, 0) is 17.1 Å². The minimum atomic E-state index is -5.01. The number of pyridine rings is 1. The lowest BCUT2D eigenvalue weighted by Crippen LogP contribution is -2.21. The molecule has 5 aromatic rings. The number of hydrogen-bond donors (Lipinski definition) is 2. The smallest absolute Gasteiger partial charge is 0.355 e. The Balaban J connectivity index is 1.44. The summed E-state index contributed by atoms with van der Waals surface area (Å²) < 4.78 is 75.8. The number of halogens is 3. The van der Waals surface area contributed by atoms with E-state index in [0.717, 1.165) is 24.0 Å². The average molecular weight is 626 g/mol. The van der Waals surface area contributed by atoms with Crippen molar-refractivity contribution in [1.29, 1.82) is 0 Å².